The van der Waals surface area contributed by atoms with Gasteiger partial charge in [-0.15, -0.1) is 11.3 Å². The zero-order valence-corrected chi connectivity index (χ0v) is 12.4. The van der Waals surface area contributed by atoms with Crippen LogP contribution in [0.2, 0.25) is 0 Å². The van der Waals surface area contributed by atoms with Crippen molar-refractivity contribution in [2.75, 3.05) is 0 Å². The summed E-state index contributed by atoms with van der Waals surface area (Å²) in [5.41, 5.74) is 0.0206. The average Bonchev–Trinajstić information content (AvgIpc) is 2.90. The van der Waals surface area contributed by atoms with Crippen molar-refractivity contribution in [1.82, 2.24) is 4.57 Å². The normalized spacial score (nSPS) is 13.1. The second kappa shape index (κ2) is 5.11. The second-order valence-electron chi connectivity index (χ2n) is 4.43. The van der Waals surface area contributed by atoms with Gasteiger partial charge in [-0.2, -0.15) is 0 Å². The lowest BCUT2D eigenvalue weighted by Gasteiger charge is -2.01. The quantitative estimate of drug-likeness (QED) is 0.798. The molecule has 1 aromatic carbocycles. The van der Waals surface area contributed by atoms with Crippen LogP contribution in [0.1, 0.15) is 4.88 Å². The van der Waals surface area contributed by atoms with Crippen LogP contribution in [-0.2, 0) is 16.1 Å². The van der Waals surface area contributed by atoms with Crippen molar-refractivity contribution in [2.45, 2.75) is 6.54 Å². The third kappa shape index (κ3) is 2.14. The molecule has 1 amide bonds. The Hall–Kier alpha value is -2.39. The van der Waals surface area contributed by atoms with Gasteiger partial charge >= 0.3 is 5.97 Å². The molecule has 9 heteroatoms. The maximum Gasteiger partial charge on any atom is 0.323 e. The highest BCUT2D eigenvalue weighted by Gasteiger charge is 2.26. The number of amides is 1. The van der Waals surface area contributed by atoms with E-state index in [-0.39, 0.29) is 25.0 Å². The van der Waals surface area contributed by atoms with Crippen LogP contribution < -0.4 is 10.6 Å². The predicted molar refractivity (Wildman–Crippen MR) is 77.1 cm³/mol. The molecule has 6 nitrogen and oxygen atoms in total. The number of aromatic nitrogens is 1. The van der Waals surface area contributed by atoms with Crippen molar-refractivity contribution in [1.29, 1.82) is 0 Å². The Morgan fingerprint density at radius 1 is 1.45 bits per heavy atom. The largest absolute Gasteiger partial charge is 0.493 e. The minimum absolute atomic E-state index is 0.0206. The summed E-state index contributed by atoms with van der Waals surface area (Å²) >= 11 is 5.88. The minimum atomic E-state index is -1.19. The van der Waals surface area contributed by atoms with Crippen LogP contribution in [-0.4, -0.2) is 26.7 Å². The van der Waals surface area contributed by atoms with Crippen LogP contribution in [0, 0.1) is 9.77 Å². The number of hydrogen-bond donors (Lipinski definition) is 2. The molecule has 0 spiro atoms. The van der Waals surface area contributed by atoms with E-state index in [4.69, 9.17) is 17.3 Å². The van der Waals surface area contributed by atoms with E-state index in [1.807, 2.05) is 0 Å². The Labute approximate surface area is 131 Å². The lowest BCUT2D eigenvalue weighted by atomic mass is 10.1. The summed E-state index contributed by atoms with van der Waals surface area (Å²) in [4.78, 5) is 26.6. The van der Waals surface area contributed by atoms with Crippen LogP contribution >= 0.6 is 23.6 Å². The lowest BCUT2D eigenvalue weighted by Crippen LogP contribution is -2.26. The number of carbonyl (C=O) groups is 2. The Bertz CT molecular complexity index is 1010. The van der Waals surface area contributed by atoms with E-state index in [0.717, 1.165) is 15.9 Å². The molecular weight excluding hydrogens is 331 g/mol. The molecule has 0 radical (unpaired) electrons. The summed E-state index contributed by atoms with van der Waals surface area (Å²) in [6.45, 7) is -0.532. The number of thiazole rings is 1. The molecular formula is C13H7FN2O4S2. The fraction of sp³-hybridized carbons (Fsp3) is 0.0769. The number of nitrogens with zero attached hydrogens (tertiary/aromatic N) is 2. The first-order valence-electron chi connectivity index (χ1n) is 5.97. The molecule has 1 aliphatic heterocycles. The molecule has 112 valence electrons. The standard InChI is InChI=1S/C13H7FN2O4S2/c14-6-3-1-2-5-8(11(19)15-9(5)6)10-12(20)16(4-7(17)18)13(21)22-10/h1-3,20H,4H2,(H,17,18). The van der Waals surface area contributed by atoms with Gasteiger partial charge in [-0.05, 0) is 18.3 Å². The highest BCUT2D eigenvalue weighted by molar-refractivity contribution is 7.73. The number of carbonyl (C=O) groups excluding carboxylic acids is 1. The molecule has 0 fully saturated rings. The number of rotatable bonds is 3. The molecule has 0 bridgehead atoms. The molecule has 0 unspecified atom stereocenters. The summed E-state index contributed by atoms with van der Waals surface area (Å²) in [7, 11) is 0. The summed E-state index contributed by atoms with van der Waals surface area (Å²) in [5, 5.41) is 19.1. The molecule has 22 heavy (non-hydrogen) atoms. The molecule has 2 heterocycles. The van der Waals surface area contributed by atoms with E-state index in [1.54, 1.807) is 0 Å². The SMILES string of the molecule is O=C(O)Cn1c(O)c(C2=c3cccc(F)c3=NC2=O)sc1=S. The molecule has 0 atom stereocenters. The van der Waals surface area contributed by atoms with E-state index >= 15 is 0 Å². The van der Waals surface area contributed by atoms with Crippen molar-refractivity contribution < 1.29 is 24.2 Å². The van der Waals surface area contributed by atoms with Crippen LogP contribution in [0.4, 0.5) is 4.39 Å². The second-order valence-corrected chi connectivity index (χ2v) is 6.07. The first-order chi connectivity index (χ1) is 10.4. The number of para-hydroxylation sites is 1. The van der Waals surface area contributed by atoms with Crippen molar-refractivity contribution in [3.05, 3.63) is 43.4 Å². The van der Waals surface area contributed by atoms with Crippen LogP contribution in [0.5, 0.6) is 5.88 Å². The highest BCUT2D eigenvalue weighted by Crippen LogP contribution is 2.32. The summed E-state index contributed by atoms with van der Waals surface area (Å²) in [6, 6.07) is 4.11. The van der Waals surface area contributed by atoms with Crippen molar-refractivity contribution in [2.24, 2.45) is 4.99 Å². The fourth-order valence-corrected chi connectivity index (χ4v) is 3.50. The van der Waals surface area contributed by atoms with Crippen molar-refractivity contribution in [3.8, 4) is 5.88 Å². The first kappa shape index (κ1) is 14.5. The van der Waals surface area contributed by atoms with Gasteiger partial charge in [0.05, 0.1) is 5.57 Å². The van der Waals surface area contributed by atoms with Gasteiger partial charge in [0.2, 0.25) is 5.88 Å². The number of aliphatic carboxylic acids is 1. The fourth-order valence-electron chi connectivity index (χ4n) is 2.16. The number of carboxylic acid groups (broad SMARTS) is 1. The minimum Gasteiger partial charge on any atom is -0.493 e. The van der Waals surface area contributed by atoms with Gasteiger partial charge in [-0.1, -0.05) is 12.1 Å². The van der Waals surface area contributed by atoms with Gasteiger partial charge < -0.3 is 10.2 Å². The van der Waals surface area contributed by atoms with Gasteiger partial charge in [-0.25, -0.2) is 9.38 Å². The Kier molecular flexibility index (Phi) is 3.38. The topological polar surface area (TPSA) is 91.9 Å². The maximum absolute atomic E-state index is 13.7. The monoisotopic (exact) mass is 338 g/mol. The van der Waals surface area contributed by atoms with Crippen LogP contribution in [0.15, 0.2) is 23.2 Å². The smallest absolute Gasteiger partial charge is 0.323 e. The van der Waals surface area contributed by atoms with Crippen molar-refractivity contribution >= 4 is 41.0 Å². The Morgan fingerprint density at radius 2 is 2.18 bits per heavy atom. The maximum atomic E-state index is 13.7. The van der Waals surface area contributed by atoms with Crippen LogP contribution in [0.25, 0.3) is 5.57 Å². The number of benzene rings is 1. The molecule has 3 rings (SSSR count). The number of halogens is 1. The predicted octanol–water partition coefficient (Wildman–Crippen LogP) is 0.567. The Balaban J connectivity index is 2.32. The Morgan fingerprint density at radius 3 is 2.86 bits per heavy atom. The van der Waals surface area contributed by atoms with Crippen LogP contribution in [0.3, 0.4) is 0 Å². The zero-order chi connectivity index (χ0) is 16.0. The van der Waals surface area contributed by atoms with Gasteiger partial charge in [0.15, 0.2) is 3.95 Å². The molecule has 1 aromatic heterocycles. The van der Waals surface area contributed by atoms with Gasteiger partial charge in [0, 0.05) is 5.22 Å². The van der Waals surface area contributed by atoms with E-state index < -0.39 is 30.1 Å². The number of fused-ring (bicyclic) bond motifs is 1. The van der Waals surface area contributed by atoms with Gasteiger partial charge in [-0.3, -0.25) is 14.2 Å². The number of hydrogen-bond acceptors (Lipinski definition) is 5. The van der Waals surface area contributed by atoms with E-state index in [2.05, 4.69) is 4.99 Å². The summed E-state index contributed by atoms with van der Waals surface area (Å²) < 4.78 is 14.8. The number of carboxylic acids is 1. The average molecular weight is 338 g/mol. The van der Waals surface area contributed by atoms with Gasteiger partial charge in [0.25, 0.3) is 5.91 Å². The zero-order valence-electron chi connectivity index (χ0n) is 10.7. The number of aromatic hydroxyl groups is 1. The third-order valence-corrected chi connectivity index (χ3v) is 4.53. The summed E-state index contributed by atoms with van der Waals surface area (Å²) in [5.74, 6) is -2.97. The highest BCUT2D eigenvalue weighted by atomic mass is 32.1. The van der Waals surface area contributed by atoms with Gasteiger partial charge in [0.1, 0.15) is 22.6 Å². The first-order valence-corrected chi connectivity index (χ1v) is 7.19. The lowest BCUT2D eigenvalue weighted by molar-refractivity contribution is -0.137. The van der Waals surface area contributed by atoms with E-state index in [9.17, 15) is 19.1 Å². The summed E-state index contributed by atoms with van der Waals surface area (Å²) in [6.07, 6.45) is 0. The van der Waals surface area contributed by atoms with E-state index in [1.165, 1.54) is 18.2 Å². The molecule has 2 N–H and O–H groups in total. The third-order valence-electron chi connectivity index (χ3n) is 3.07. The molecule has 0 saturated carbocycles. The molecule has 1 aliphatic rings. The molecule has 0 aliphatic carbocycles. The molecule has 0 saturated heterocycles. The molecule has 2 aromatic rings. The van der Waals surface area contributed by atoms with E-state index in [0.29, 0.717) is 0 Å². The van der Waals surface area contributed by atoms with Crippen molar-refractivity contribution in [3.63, 3.8) is 0 Å².